The molecule has 5 heteroatoms. The Morgan fingerprint density at radius 1 is 1.64 bits per heavy atom. The van der Waals surface area contributed by atoms with E-state index in [4.69, 9.17) is 5.84 Å². The van der Waals surface area contributed by atoms with Crippen molar-refractivity contribution in [1.29, 1.82) is 0 Å². The number of nitrogens with two attached hydrogens (primary N) is 1. The molecule has 2 heterocycles. The lowest BCUT2D eigenvalue weighted by atomic mass is 10.4. The molecule has 56 valence electrons. The first-order chi connectivity index (χ1) is 5.42. The van der Waals surface area contributed by atoms with Gasteiger partial charge in [-0.3, -0.25) is 5.10 Å². The molecule has 0 fully saturated rings. The third-order valence-corrected chi connectivity index (χ3v) is 2.28. The number of H-pyrrole nitrogens is 1. The summed E-state index contributed by atoms with van der Waals surface area (Å²) in [5.41, 5.74) is 0.628. The molecule has 0 spiro atoms. The molecule has 0 bridgehead atoms. The van der Waals surface area contributed by atoms with Crippen LogP contribution in [0.3, 0.4) is 0 Å². The van der Waals surface area contributed by atoms with Gasteiger partial charge in [0.05, 0.1) is 10.9 Å². The van der Waals surface area contributed by atoms with Gasteiger partial charge < -0.3 is 5.84 Å². The first kappa shape index (κ1) is 6.36. The van der Waals surface area contributed by atoms with Gasteiger partial charge in [-0.2, -0.15) is 10.2 Å². The van der Waals surface area contributed by atoms with Gasteiger partial charge in [0.1, 0.15) is 0 Å². The number of nitrogens with zero attached hydrogens (tertiary/aromatic N) is 2. The van der Waals surface area contributed by atoms with Gasteiger partial charge in [-0.05, 0) is 11.4 Å². The summed E-state index contributed by atoms with van der Waals surface area (Å²) in [6, 6.07) is 1.96. The number of fused-ring (bicyclic) bond motifs is 1. The summed E-state index contributed by atoms with van der Waals surface area (Å²) in [7, 11) is 0. The molecular weight excluding hydrogens is 160 g/mol. The van der Waals surface area contributed by atoms with Crippen molar-refractivity contribution in [3.63, 3.8) is 0 Å². The minimum Gasteiger partial charge on any atom is -0.321 e. The number of hydrogen-bond acceptors (Lipinski definition) is 4. The third kappa shape index (κ3) is 0.894. The molecule has 3 N–H and O–H groups in total. The number of aromatic amines is 1. The summed E-state index contributed by atoms with van der Waals surface area (Å²) < 4.78 is 1.09. The molecule has 0 saturated carbocycles. The molecule has 0 unspecified atom stereocenters. The van der Waals surface area contributed by atoms with E-state index in [1.165, 1.54) is 0 Å². The largest absolute Gasteiger partial charge is 0.321 e. The van der Waals surface area contributed by atoms with E-state index in [0.717, 1.165) is 10.1 Å². The number of rotatable bonds is 0. The Bertz CT molecular complexity index is 427. The van der Waals surface area contributed by atoms with Crippen LogP contribution in [-0.4, -0.2) is 10.2 Å². The summed E-state index contributed by atoms with van der Waals surface area (Å²) in [5.74, 6) is 5.13. The zero-order chi connectivity index (χ0) is 7.68. The van der Waals surface area contributed by atoms with Crippen molar-refractivity contribution in [2.75, 3.05) is 0 Å². The first-order valence-corrected chi connectivity index (χ1v) is 3.94. The maximum Gasteiger partial charge on any atom is 0.174 e. The summed E-state index contributed by atoms with van der Waals surface area (Å²) in [4.78, 5) is 0. The highest BCUT2D eigenvalue weighted by Crippen LogP contribution is 2.13. The molecule has 0 aliphatic carbocycles. The van der Waals surface area contributed by atoms with Crippen molar-refractivity contribution in [2.24, 2.45) is 10.9 Å². The van der Waals surface area contributed by atoms with Crippen molar-refractivity contribution in [2.45, 2.75) is 0 Å². The minimum absolute atomic E-state index is 0.628. The highest BCUT2D eigenvalue weighted by Gasteiger charge is 1.95. The number of hydrogen-bond donors (Lipinski definition) is 2. The molecule has 0 atom stereocenters. The van der Waals surface area contributed by atoms with Crippen LogP contribution >= 0.6 is 11.3 Å². The second-order valence-corrected chi connectivity index (χ2v) is 2.99. The minimum atomic E-state index is 0.628. The lowest BCUT2D eigenvalue weighted by Crippen LogP contribution is -2.11. The first-order valence-electron chi connectivity index (χ1n) is 3.06. The van der Waals surface area contributed by atoms with E-state index < -0.39 is 0 Å². The van der Waals surface area contributed by atoms with E-state index in [9.17, 15) is 0 Å². The second-order valence-electron chi connectivity index (χ2n) is 2.05. The molecule has 0 saturated heterocycles. The molecular formula is C6H6N4S. The lowest BCUT2D eigenvalue weighted by molar-refractivity contribution is 0.948. The molecule has 0 radical (unpaired) electrons. The van der Waals surface area contributed by atoms with E-state index in [0.29, 0.717) is 5.49 Å². The SMILES string of the molecule is N/N=c1\[nH]ncc2sccc12. The molecule has 0 aliphatic rings. The average Bonchev–Trinajstić information content (AvgIpc) is 2.50. The van der Waals surface area contributed by atoms with Crippen LogP contribution in [0.25, 0.3) is 10.1 Å². The summed E-state index contributed by atoms with van der Waals surface area (Å²) >= 11 is 1.62. The molecule has 2 aromatic rings. The fourth-order valence-corrected chi connectivity index (χ4v) is 1.68. The summed E-state index contributed by atoms with van der Waals surface area (Å²) in [6.07, 6.45) is 1.76. The van der Waals surface area contributed by atoms with Crippen LogP contribution in [0, 0.1) is 0 Å². The van der Waals surface area contributed by atoms with Gasteiger partial charge in [0.25, 0.3) is 0 Å². The quantitative estimate of drug-likeness (QED) is 0.439. The van der Waals surface area contributed by atoms with E-state index in [-0.39, 0.29) is 0 Å². The fourth-order valence-electron chi connectivity index (χ4n) is 0.927. The molecule has 0 aliphatic heterocycles. The highest BCUT2D eigenvalue weighted by molar-refractivity contribution is 7.17. The second kappa shape index (κ2) is 2.35. The highest BCUT2D eigenvalue weighted by atomic mass is 32.1. The summed E-state index contributed by atoms with van der Waals surface area (Å²) in [6.45, 7) is 0. The number of thiophene rings is 1. The van der Waals surface area contributed by atoms with Crippen LogP contribution in [0.1, 0.15) is 0 Å². The predicted octanol–water partition coefficient (Wildman–Crippen LogP) is 0.399. The maximum absolute atomic E-state index is 5.13. The monoisotopic (exact) mass is 166 g/mol. The van der Waals surface area contributed by atoms with Gasteiger partial charge in [-0.15, -0.1) is 11.3 Å². The van der Waals surface area contributed by atoms with Gasteiger partial charge >= 0.3 is 0 Å². The Morgan fingerprint density at radius 2 is 2.55 bits per heavy atom. The van der Waals surface area contributed by atoms with Crippen molar-refractivity contribution in [1.82, 2.24) is 10.2 Å². The zero-order valence-corrected chi connectivity index (χ0v) is 6.43. The normalized spacial score (nSPS) is 12.5. The average molecular weight is 166 g/mol. The van der Waals surface area contributed by atoms with Gasteiger partial charge in [0.2, 0.25) is 0 Å². The molecule has 2 rings (SSSR count). The smallest absolute Gasteiger partial charge is 0.174 e. The lowest BCUT2D eigenvalue weighted by Gasteiger charge is -1.87. The summed E-state index contributed by atoms with van der Waals surface area (Å²) in [5, 5.41) is 13.1. The zero-order valence-electron chi connectivity index (χ0n) is 5.61. The number of nitrogens with one attached hydrogen (secondary N) is 1. The van der Waals surface area contributed by atoms with Gasteiger partial charge in [-0.1, -0.05) is 0 Å². The van der Waals surface area contributed by atoms with Crippen molar-refractivity contribution in [3.05, 3.63) is 23.1 Å². The van der Waals surface area contributed by atoms with Crippen LogP contribution in [0.4, 0.5) is 0 Å². The third-order valence-electron chi connectivity index (χ3n) is 1.43. The molecule has 0 amide bonds. The Balaban J connectivity index is 3.01. The van der Waals surface area contributed by atoms with Crippen LogP contribution in [0.5, 0.6) is 0 Å². The van der Waals surface area contributed by atoms with Crippen molar-refractivity contribution < 1.29 is 0 Å². The molecule has 4 nitrogen and oxygen atoms in total. The molecule has 2 aromatic heterocycles. The van der Waals surface area contributed by atoms with Crippen molar-refractivity contribution in [3.8, 4) is 0 Å². The van der Waals surface area contributed by atoms with Crippen LogP contribution < -0.4 is 11.3 Å². The molecule has 11 heavy (non-hydrogen) atoms. The fraction of sp³-hybridized carbons (Fsp3) is 0. The van der Waals surface area contributed by atoms with E-state index in [2.05, 4.69) is 15.3 Å². The van der Waals surface area contributed by atoms with E-state index in [1.54, 1.807) is 17.5 Å². The predicted molar refractivity (Wildman–Crippen MR) is 43.7 cm³/mol. The van der Waals surface area contributed by atoms with Crippen LogP contribution in [0.2, 0.25) is 0 Å². The van der Waals surface area contributed by atoms with E-state index >= 15 is 0 Å². The van der Waals surface area contributed by atoms with Crippen LogP contribution in [0.15, 0.2) is 22.7 Å². The van der Waals surface area contributed by atoms with E-state index in [1.807, 2.05) is 11.4 Å². The van der Waals surface area contributed by atoms with Crippen molar-refractivity contribution >= 4 is 21.4 Å². The molecule has 0 aromatic carbocycles. The van der Waals surface area contributed by atoms with Gasteiger partial charge in [0.15, 0.2) is 5.49 Å². The van der Waals surface area contributed by atoms with Gasteiger partial charge in [0, 0.05) is 5.39 Å². The standard InChI is InChI=1S/C6H6N4S/c7-9-6-4-1-2-11-5(4)3-8-10-6/h1-3H,7H2,(H,9,10). The Hall–Kier alpha value is -1.36. The number of aromatic nitrogens is 2. The van der Waals surface area contributed by atoms with Gasteiger partial charge in [-0.25, -0.2) is 0 Å². The topological polar surface area (TPSA) is 67.1 Å². The Morgan fingerprint density at radius 3 is 3.36 bits per heavy atom. The Kier molecular flexibility index (Phi) is 1.36. The maximum atomic E-state index is 5.13. The van der Waals surface area contributed by atoms with Crippen LogP contribution in [-0.2, 0) is 0 Å². The Labute approximate surface area is 66.4 Å².